The summed E-state index contributed by atoms with van der Waals surface area (Å²) in [6.45, 7) is 1.88. The third kappa shape index (κ3) is 2.59. The van der Waals surface area contributed by atoms with E-state index in [1.54, 1.807) is 0 Å². The monoisotopic (exact) mass is 361 g/mol. The van der Waals surface area contributed by atoms with Crippen molar-refractivity contribution in [2.75, 3.05) is 0 Å². The Balaban J connectivity index is 3.22. The van der Waals surface area contributed by atoms with Crippen LogP contribution in [0.25, 0.3) is 0 Å². The summed E-state index contributed by atoms with van der Waals surface area (Å²) < 4.78 is 25.3. The molecule has 0 atom stereocenters. The van der Waals surface area contributed by atoms with Crippen LogP contribution in [-0.4, -0.2) is 4.98 Å². The summed E-state index contributed by atoms with van der Waals surface area (Å²) in [5, 5.41) is 0.580. The maximum atomic E-state index is 12.3. The van der Waals surface area contributed by atoms with Crippen LogP contribution in [0.3, 0.4) is 0 Å². The van der Waals surface area contributed by atoms with E-state index in [-0.39, 0.29) is 5.69 Å². The number of aromatic nitrogens is 1. The highest BCUT2D eigenvalue weighted by Gasteiger charge is 2.13. The van der Waals surface area contributed by atoms with Gasteiger partial charge in [0.05, 0.1) is 0 Å². The van der Waals surface area contributed by atoms with E-state index in [1.807, 2.05) is 29.5 Å². The minimum absolute atomic E-state index is 0.149. The normalized spacial score (nSPS) is 10.9. The van der Waals surface area contributed by atoms with Gasteiger partial charge in [0.2, 0.25) is 0 Å². The average Bonchev–Trinajstić information content (AvgIpc) is 2.09. The SMILES string of the molecule is Cc1c(CBr)cc(C(F)F)nc1I. The maximum absolute atomic E-state index is 12.3. The van der Waals surface area contributed by atoms with Gasteiger partial charge >= 0.3 is 0 Å². The standard InChI is InChI=1S/C8H7BrF2IN/c1-4-5(3-9)2-6(7(10)11)13-8(4)12/h2,7H,3H2,1H3. The number of halogens is 4. The van der Waals surface area contributed by atoms with Gasteiger partial charge in [-0.15, -0.1) is 0 Å². The van der Waals surface area contributed by atoms with Crippen molar-refractivity contribution in [3.63, 3.8) is 0 Å². The van der Waals surface area contributed by atoms with Gasteiger partial charge in [-0.2, -0.15) is 0 Å². The van der Waals surface area contributed by atoms with Crippen LogP contribution in [0.5, 0.6) is 0 Å². The summed E-state index contributed by atoms with van der Waals surface area (Å²) >= 11 is 5.22. The molecule has 0 N–H and O–H groups in total. The van der Waals surface area contributed by atoms with Crippen LogP contribution >= 0.6 is 38.5 Å². The highest BCUT2D eigenvalue weighted by atomic mass is 127. The molecule has 1 rings (SSSR count). The smallest absolute Gasteiger partial charge is 0.241 e. The Hall–Kier alpha value is 0.220. The molecule has 0 bridgehead atoms. The van der Waals surface area contributed by atoms with Crippen molar-refractivity contribution in [1.82, 2.24) is 4.98 Å². The molecular weight excluding hydrogens is 355 g/mol. The molecule has 0 aliphatic rings. The Bertz CT molecular complexity index is 317. The van der Waals surface area contributed by atoms with Crippen molar-refractivity contribution in [2.24, 2.45) is 0 Å². The van der Waals surface area contributed by atoms with Crippen LogP contribution in [0, 0.1) is 10.6 Å². The van der Waals surface area contributed by atoms with E-state index in [9.17, 15) is 8.78 Å². The van der Waals surface area contributed by atoms with Gasteiger partial charge in [0.25, 0.3) is 6.43 Å². The fraction of sp³-hybridized carbons (Fsp3) is 0.375. The van der Waals surface area contributed by atoms with Crippen molar-refractivity contribution in [1.29, 1.82) is 0 Å². The zero-order valence-electron chi connectivity index (χ0n) is 6.82. The molecule has 0 aliphatic heterocycles. The van der Waals surface area contributed by atoms with E-state index >= 15 is 0 Å². The average molecular weight is 362 g/mol. The molecule has 0 amide bonds. The van der Waals surface area contributed by atoms with Gasteiger partial charge in [0.15, 0.2) is 0 Å². The lowest BCUT2D eigenvalue weighted by Gasteiger charge is -2.07. The number of hydrogen-bond donors (Lipinski definition) is 0. The van der Waals surface area contributed by atoms with E-state index in [1.165, 1.54) is 6.07 Å². The molecule has 0 saturated heterocycles. The van der Waals surface area contributed by atoms with E-state index in [0.717, 1.165) is 11.1 Å². The van der Waals surface area contributed by atoms with Crippen molar-refractivity contribution in [2.45, 2.75) is 18.7 Å². The van der Waals surface area contributed by atoms with E-state index in [4.69, 9.17) is 0 Å². The zero-order valence-corrected chi connectivity index (χ0v) is 10.6. The molecule has 1 nitrogen and oxygen atoms in total. The Kier molecular flexibility index (Phi) is 4.03. The first-order valence-electron chi connectivity index (χ1n) is 3.56. The molecule has 5 heteroatoms. The summed E-state index contributed by atoms with van der Waals surface area (Å²) in [5.74, 6) is 0. The third-order valence-electron chi connectivity index (χ3n) is 1.71. The molecule has 13 heavy (non-hydrogen) atoms. The first kappa shape index (κ1) is 11.3. The first-order valence-corrected chi connectivity index (χ1v) is 5.76. The number of alkyl halides is 3. The Morgan fingerprint density at radius 3 is 2.69 bits per heavy atom. The van der Waals surface area contributed by atoms with Crippen molar-refractivity contribution < 1.29 is 8.78 Å². The number of pyridine rings is 1. The van der Waals surface area contributed by atoms with Crippen LogP contribution in [0.15, 0.2) is 6.07 Å². The number of rotatable bonds is 2. The number of nitrogens with zero attached hydrogens (tertiary/aromatic N) is 1. The molecule has 0 saturated carbocycles. The van der Waals surface area contributed by atoms with Crippen LogP contribution in [0.4, 0.5) is 8.78 Å². The second-order valence-electron chi connectivity index (χ2n) is 2.56. The van der Waals surface area contributed by atoms with E-state index in [2.05, 4.69) is 20.9 Å². The van der Waals surface area contributed by atoms with Crippen molar-refractivity contribution in [3.8, 4) is 0 Å². The molecule has 72 valence electrons. The van der Waals surface area contributed by atoms with Gasteiger partial charge in [0.1, 0.15) is 9.39 Å². The molecule has 0 aliphatic carbocycles. The van der Waals surface area contributed by atoms with Gasteiger partial charge in [-0.1, -0.05) is 15.9 Å². The van der Waals surface area contributed by atoms with E-state index < -0.39 is 6.43 Å². The predicted molar refractivity (Wildman–Crippen MR) is 59.3 cm³/mol. The fourth-order valence-corrected chi connectivity index (χ4v) is 2.11. The minimum Gasteiger partial charge on any atom is -0.241 e. The molecule has 0 fully saturated rings. The topological polar surface area (TPSA) is 12.9 Å². The van der Waals surface area contributed by atoms with Gasteiger partial charge in [0, 0.05) is 5.33 Å². The lowest BCUT2D eigenvalue weighted by molar-refractivity contribution is 0.145. The summed E-state index contributed by atoms with van der Waals surface area (Å²) in [5.41, 5.74) is 1.68. The van der Waals surface area contributed by atoms with Gasteiger partial charge in [-0.25, -0.2) is 13.8 Å². The van der Waals surface area contributed by atoms with Crippen LogP contribution in [-0.2, 0) is 5.33 Å². The highest BCUT2D eigenvalue weighted by molar-refractivity contribution is 14.1. The molecule has 1 aromatic heterocycles. The summed E-state index contributed by atoms with van der Waals surface area (Å²) in [6, 6.07) is 1.44. The lowest BCUT2D eigenvalue weighted by atomic mass is 10.1. The fourth-order valence-electron chi connectivity index (χ4n) is 0.899. The molecule has 0 unspecified atom stereocenters. The van der Waals surface area contributed by atoms with Crippen LogP contribution in [0.1, 0.15) is 23.2 Å². The van der Waals surface area contributed by atoms with Crippen molar-refractivity contribution in [3.05, 3.63) is 26.6 Å². The summed E-state index contributed by atoms with van der Waals surface area (Å²) in [7, 11) is 0. The Morgan fingerprint density at radius 1 is 1.62 bits per heavy atom. The first-order chi connectivity index (χ1) is 6.06. The molecule has 1 aromatic rings. The lowest BCUT2D eigenvalue weighted by Crippen LogP contribution is -1.99. The second kappa shape index (κ2) is 4.63. The Morgan fingerprint density at radius 2 is 2.23 bits per heavy atom. The quantitative estimate of drug-likeness (QED) is 0.443. The Labute approximate surface area is 97.2 Å². The predicted octanol–water partition coefficient (Wildman–Crippen LogP) is 3.83. The van der Waals surface area contributed by atoms with Crippen LogP contribution < -0.4 is 0 Å². The van der Waals surface area contributed by atoms with Gasteiger partial charge in [-0.3, -0.25) is 0 Å². The summed E-state index contributed by atoms with van der Waals surface area (Å²) in [4.78, 5) is 3.80. The second-order valence-corrected chi connectivity index (χ2v) is 4.14. The maximum Gasteiger partial charge on any atom is 0.280 e. The molecule has 0 spiro atoms. The number of hydrogen-bond acceptors (Lipinski definition) is 1. The van der Waals surface area contributed by atoms with Gasteiger partial charge < -0.3 is 0 Å². The van der Waals surface area contributed by atoms with Crippen LogP contribution in [0.2, 0.25) is 0 Å². The van der Waals surface area contributed by atoms with E-state index in [0.29, 0.717) is 9.03 Å². The third-order valence-corrected chi connectivity index (χ3v) is 3.36. The molecule has 0 aromatic carbocycles. The molecular formula is C8H7BrF2IN. The summed E-state index contributed by atoms with van der Waals surface area (Å²) in [6.07, 6.45) is -2.49. The molecule has 0 radical (unpaired) electrons. The highest BCUT2D eigenvalue weighted by Crippen LogP contribution is 2.23. The minimum atomic E-state index is -2.49. The largest absolute Gasteiger partial charge is 0.280 e. The van der Waals surface area contributed by atoms with Crippen molar-refractivity contribution >= 4 is 38.5 Å². The molecule has 1 heterocycles. The van der Waals surface area contributed by atoms with Gasteiger partial charge in [-0.05, 0) is 46.7 Å². The zero-order chi connectivity index (χ0) is 10.0.